The van der Waals surface area contributed by atoms with E-state index in [1.807, 2.05) is 0 Å². The second-order valence-corrected chi connectivity index (χ2v) is 6.57. The summed E-state index contributed by atoms with van der Waals surface area (Å²) in [5, 5.41) is 0. The number of rotatable bonds is 10. The number of epoxide rings is 2. The van der Waals surface area contributed by atoms with Gasteiger partial charge in [-0.25, -0.2) is 4.79 Å². The van der Waals surface area contributed by atoms with Crippen molar-refractivity contribution in [2.24, 2.45) is 0 Å². The third-order valence-electron chi connectivity index (χ3n) is 4.35. The lowest BCUT2D eigenvalue weighted by molar-refractivity contribution is 0.0734. The summed E-state index contributed by atoms with van der Waals surface area (Å²) in [5.41, 5.74) is 0.470. The lowest BCUT2D eigenvalue weighted by Crippen LogP contribution is -2.08. The molecule has 0 bridgehead atoms. The van der Waals surface area contributed by atoms with E-state index in [4.69, 9.17) is 23.7 Å². The van der Waals surface area contributed by atoms with Crippen LogP contribution < -0.4 is 14.2 Å². The monoisotopic (exact) mass is 370 g/mol. The molecule has 2 fully saturated rings. The Hall–Kier alpha value is -2.57. The second-order valence-electron chi connectivity index (χ2n) is 6.57. The fraction of sp³-hybridized carbons (Fsp3) is 0.381. The van der Waals surface area contributed by atoms with Crippen molar-refractivity contribution in [3.8, 4) is 17.2 Å². The van der Waals surface area contributed by atoms with Gasteiger partial charge < -0.3 is 23.7 Å². The normalized spacial score (nSPS) is 20.0. The zero-order valence-electron chi connectivity index (χ0n) is 15.0. The largest absolute Gasteiger partial charge is 0.493 e. The van der Waals surface area contributed by atoms with Gasteiger partial charge in [0.05, 0.1) is 44.2 Å². The highest BCUT2D eigenvalue weighted by atomic mass is 16.6. The Labute approximate surface area is 157 Å². The summed E-state index contributed by atoms with van der Waals surface area (Å²) in [4.78, 5) is 12.3. The molecule has 0 radical (unpaired) electrons. The quantitative estimate of drug-likeness (QED) is 0.363. The highest BCUT2D eigenvalue weighted by molar-refractivity contribution is 5.91. The van der Waals surface area contributed by atoms with Gasteiger partial charge >= 0.3 is 5.97 Å². The molecular formula is C21H22O6. The highest BCUT2D eigenvalue weighted by Gasteiger charge is 2.22. The van der Waals surface area contributed by atoms with E-state index in [1.54, 1.807) is 48.5 Å². The molecule has 0 unspecified atom stereocenters. The van der Waals surface area contributed by atoms with Crippen molar-refractivity contribution in [2.45, 2.75) is 25.0 Å². The molecule has 27 heavy (non-hydrogen) atoms. The Balaban J connectivity index is 1.23. The average Bonchev–Trinajstić information content (AvgIpc) is 3.59. The molecule has 2 atom stereocenters. The van der Waals surface area contributed by atoms with Gasteiger partial charge in [-0.15, -0.1) is 0 Å². The maximum Gasteiger partial charge on any atom is 0.343 e. The van der Waals surface area contributed by atoms with E-state index in [0.717, 1.165) is 37.6 Å². The molecule has 2 aliphatic rings. The van der Waals surface area contributed by atoms with Gasteiger partial charge in [0.2, 0.25) is 0 Å². The number of hydrogen-bond acceptors (Lipinski definition) is 6. The molecule has 2 aliphatic heterocycles. The molecule has 0 N–H and O–H groups in total. The first kappa shape index (κ1) is 17.8. The van der Waals surface area contributed by atoms with Crippen LogP contribution in [0, 0.1) is 0 Å². The molecule has 4 rings (SSSR count). The van der Waals surface area contributed by atoms with Gasteiger partial charge in [-0.1, -0.05) is 0 Å². The first-order valence-electron chi connectivity index (χ1n) is 9.17. The number of carbonyl (C=O) groups is 1. The smallest absolute Gasteiger partial charge is 0.343 e. The fourth-order valence-corrected chi connectivity index (χ4v) is 2.54. The highest BCUT2D eigenvalue weighted by Crippen LogP contribution is 2.21. The van der Waals surface area contributed by atoms with E-state index in [1.165, 1.54) is 0 Å². The van der Waals surface area contributed by atoms with Crippen molar-refractivity contribution in [1.82, 2.24) is 0 Å². The molecule has 0 spiro atoms. The van der Waals surface area contributed by atoms with Gasteiger partial charge in [-0.2, -0.15) is 0 Å². The molecule has 2 aromatic carbocycles. The second kappa shape index (κ2) is 8.41. The molecule has 6 heteroatoms. The predicted molar refractivity (Wildman–Crippen MR) is 97.5 cm³/mol. The summed E-state index contributed by atoms with van der Waals surface area (Å²) in [6.45, 7) is 2.89. The number of esters is 1. The van der Waals surface area contributed by atoms with Gasteiger partial charge in [-0.05, 0) is 48.5 Å². The van der Waals surface area contributed by atoms with Crippen LogP contribution in [0.3, 0.4) is 0 Å². The molecule has 142 valence electrons. The van der Waals surface area contributed by atoms with Crippen molar-refractivity contribution in [1.29, 1.82) is 0 Å². The van der Waals surface area contributed by atoms with E-state index in [2.05, 4.69) is 0 Å². The molecule has 0 amide bonds. The van der Waals surface area contributed by atoms with Crippen molar-refractivity contribution >= 4 is 5.97 Å². The summed E-state index contributed by atoms with van der Waals surface area (Å²) in [6, 6.07) is 13.9. The lowest BCUT2D eigenvalue weighted by Gasteiger charge is -2.08. The molecule has 0 aromatic heterocycles. The first-order chi connectivity index (χ1) is 13.3. The minimum Gasteiger partial charge on any atom is -0.493 e. The summed E-state index contributed by atoms with van der Waals surface area (Å²) in [6.07, 6.45) is 2.49. The van der Waals surface area contributed by atoms with Crippen LogP contribution >= 0.6 is 0 Å². The Morgan fingerprint density at radius 2 is 1.22 bits per heavy atom. The van der Waals surface area contributed by atoms with Crippen LogP contribution in [-0.2, 0) is 9.47 Å². The van der Waals surface area contributed by atoms with Crippen LogP contribution in [0.15, 0.2) is 48.5 Å². The van der Waals surface area contributed by atoms with E-state index in [9.17, 15) is 4.79 Å². The molecule has 2 aromatic rings. The Morgan fingerprint density at radius 3 is 1.70 bits per heavy atom. The van der Waals surface area contributed by atoms with Gasteiger partial charge in [-0.3, -0.25) is 0 Å². The molecule has 2 heterocycles. The third-order valence-corrected chi connectivity index (χ3v) is 4.35. The maximum atomic E-state index is 12.3. The Morgan fingerprint density at radius 1 is 0.778 bits per heavy atom. The first-order valence-corrected chi connectivity index (χ1v) is 9.17. The van der Waals surface area contributed by atoms with Gasteiger partial charge in [0, 0.05) is 12.8 Å². The molecule has 0 saturated carbocycles. The van der Waals surface area contributed by atoms with Gasteiger partial charge in [0.1, 0.15) is 17.2 Å². The molecule has 6 nitrogen and oxygen atoms in total. The van der Waals surface area contributed by atoms with Crippen LogP contribution in [0.2, 0.25) is 0 Å². The summed E-state index contributed by atoms with van der Waals surface area (Å²) in [5.74, 6) is 1.54. The summed E-state index contributed by atoms with van der Waals surface area (Å²) < 4.78 is 26.9. The van der Waals surface area contributed by atoms with E-state index in [0.29, 0.717) is 36.7 Å². The number of hydrogen-bond donors (Lipinski definition) is 0. The van der Waals surface area contributed by atoms with Crippen LogP contribution in [0.4, 0.5) is 0 Å². The zero-order valence-corrected chi connectivity index (χ0v) is 15.0. The minimum absolute atomic E-state index is 0.350. The standard InChI is InChI=1S/C21H22O6/c22-21(15-1-3-16(4-2-15)23-11-9-19-13-25-19)27-18-7-5-17(6-8-18)24-12-10-20-14-26-20/h1-8,19-20H,9-14H2/t19-,20-/m1/s1. The van der Waals surface area contributed by atoms with Crippen LogP contribution in [0.1, 0.15) is 23.2 Å². The number of carbonyl (C=O) groups excluding carboxylic acids is 1. The number of benzene rings is 2. The summed E-state index contributed by atoms with van der Waals surface area (Å²) in [7, 11) is 0. The van der Waals surface area contributed by atoms with E-state index in [-0.39, 0.29) is 0 Å². The SMILES string of the molecule is O=C(Oc1ccc(OCC[C@@H]2CO2)cc1)c1ccc(OCC[C@@H]2CO2)cc1. The van der Waals surface area contributed by atoms with Crippen molar-refractivity contribution in [3.63, 3.8) is 0 Å². The number of ether oxygens (including phenoxy) is 5. The Kier molecular flexibility index (Phi) is 5.55. The summed E-state index contributed by atoms with van der Waals surface area (Å²) >= 11 is 0. The fourth-order valence-electron chi connectivity index (χ4n) is 2.54. The topological polar surface area (TPSA) is 69.8 Å². The lowest BCUT2D eigenvalue weighted by atomic mass is 10.2. The van der Waals surface area contributed by atoms with Crippen molar-refractivity contribution in [3.05, 3.63) is 54.1 Å². The molecule has 2 saturated heterocycles. The van der Waals surface area contributed by atoms with Crippen molar-refractivity contribution < 1.29 is 28.5 Å². The van der Waals surface area contributed by atoms with E-state index < -0.39 is 5.97 Å². The van der Waals surface area contributed by atoms with E-state index >= 15 is 0 Å². The van der Waals surface area contributed by atoms with Gasteiger partial charge in [0.25, 0.3) is 0 Å². The van der Waals surface area contributed by atoms with Crippen molar-refractivity contribution in [2.75, 3.05) is 26.4 Å². The van der Waals surface area contributed by atoms with Crippen LogP contribution in [0.25, 0.3) is 0 Å². The van der Waals surface area contributed by atoms with Crippen LogP contribution in [-0.4, -0.2) is 44.6 Å². The van der Waals surface area contributed by atoms with Crippen LogP contribution in [0.5, 0.6) is 17.2 Å². The molecule has 0 aliphatic carbocycles. The average molecular weight is 370 g/mol. The maximum absolute atomic E-state index is 12.3. The zero-order chi connectivity index (χ0) is 18.5. The minimum atomic E-state index is -0.410. The molecular weight excluding hydrogens is 348 g/mol. The predicted octanol–water partition coefficient (Wildman–Crippen LogP) is 3.24. The Bertz CT molecular complexity index is 747. The van der Waals surface area contributed by atoms with Gasteiger partial charge in [0.15, 0.2) is 0 Å². The third kappa shape index (κ3) is 5.70.